The molecule has 94 valence electrons. The summed E-state index contributed by atoms with van der Waals surface area (Å²) in [6.45, 7) is 2.75. The van der Waals surface area contributed by atoms with E-state index in [0.29, 0.717) is 17.3 Å². The van der Waals surface area contributed by atoms with Crippen LogP contribution in [-0.2, 0) is 0 Å². The van der Waals surface area contributed by atoms with Gasteiger partial charge in [0.2, 0.25) is 0 Å². The molecular formula is C14H15ClN2O. The Kier molecular flexibility index (Phi) is 4.05. The van der Waals surface area contributed by atoms with E-state index < -0.39 is 0 Å². The summed E-state index contributed by atoms with van der Waals surface area (Å²) in [6.07, 6.45) is 4.46. The van der Waals surface area contributed by atoms with Gasteiger partial charge in [0.05, 0.1) is 23.5 Å². The number of aromatic nitrogens is 1. The first kappa shape index (κ1) is 12.7. The number of pyridine rings is 1. The molecule has 1 aromatic carbocycles. The van der Waals surface area contributed by atoms with Gasteiger partial charge >= 0.3 is 0 Å². The number of anilines is 1. The fraction of sp³-hybridized carbons (Fsp3) is 0.214. The molecule has 2 rings (SSSR count). The lowest BCUT2D eigenvalue weighted by molar-refractivity contribution is 0.316. The minimum absolute atomic E-state index is 0.548. The van der Waals surface area contributed by atoms with E-state index in [1.54, 1.807) is 18.5 Å². The molecule has 3 nitrogen and oxygen atoms in total. The number of benzene rings is 1. The third kappa shape index (κ3) is 2.93. The Hall–Kier alpha value is -1.74. The largest absolute Gasteiger partial charge is 0.492 e. The molecule has 2 N–H and O–H groups in total. The lowest BCUT2D eigenvalue weighted by Crippen LogP contribution is -1.95. The topological polar surface area (TPSA) is 48.1 Å². The molecule has 0 saturated heterocycles. The predicted octanol–water partition coefficient (Wildman–Crippen LogP) is 3.77. The van der Waals surface area contributed by atoms with Crippen molar-refractivity contribution >= 4 is 17.3 Å². The highest BCUT2D eigenvalue weighted by atomic mass is 35.5. The number of hydrogen-bond acceptors (Lipinski definition) is 3. The zero-order valence-electron chi connectivity index (χ0n) is 10.2. The molecule has 0 fully saturated rings. The first-order valence-corrected chi connectivity index (χ1v) is 6.21. The van der Waals surface area contributed by atoms with Gasteiger partial charge in [0.15, 0.2) is 0 Å². The zero-order chi connectivity index (χ0) is 13.0. The number of ether oxygens (including phenoxy) is 1. The zero-order valence-corrected chi connectivity index (χ0v) is 10.9. The molecule has 0 spiro atoms. The highest BCUT2D eigenvalue weighted by Gasteiger charge is 2.03. The molecule has 1 aromatic heterocycles. The van der Waals surface area contributed by atoms with Gasteiger partial charge in [0.25, 0.3) is 0 Å². The van der Waals surface area contributed by atoms with Gasteiger partial charge < -0.3 is 10.5 Å². The molecule has 0 amide bonds. The van der Waals surface area contributed by atoms with Gasteiger partial charge in [0.1, 0.15) is 5.75 Å². The summed E-state index contributed by atoms with van der Waals surface area (Å²) in [7, 11) is 0. The molecule has 0 aliphatic carbocycles. The van der Waals surface area contributed by atoms with E-state index in [2.05, 4.69) is 11.9 Å². The van der Waals surface area contributed by atoms with Crippen LogP contribution in [0.25, 0.3) is 11.1 Å². The lowest BCUT2D eigenvalue weighted by atomic mass is 10.1. The van der Waals surface area contributed by atoms with Crippen molar-refractivity contribution in [3.63, 3.8) is 0 Å². The van der Waals surface area contributed by atoms with E-state index in [-0.39, 0.29) is 0 Å². The fourth-order valence-electron chi connectivity index (χ4n) is 1.58. The highest BCUT2D eigenvalue weighted by Crippen LogP contribution is 2.28. The lowest BCUT2D eigenvalue weighted by Gasteiger charge is -2.07. The third-order valence-electron chi connectivity index (χ3n) is 2.52. The van der Waals surface area contributed by atoms with E-state index in [4.69, 9.17) is 22.1 Å². The second-order valence-electron chi connectivity index (χ2n) is 3.99. The Morgan fingerprint density at radius 3 is 2.78 bits per heavy atom. The molecule has 2 aromatic rings. The van der Waals surface area contributed by atoms with Crippen LogP contribution in [0.1, 0.15) is 13.3 Å². The van der Waals surface area contributed by atoms with Crippen LogP contribution < -0.4 is 10.5 Å². The van der Waals surface area contributed by atoms with E-state index in [0.717, 1.165) is 23.3 Å². The third-order valence-corrected chi connectivity index (χ3v) is 2.85. The Bertz CT molecular complexity index is 543. The minimum atomic E-state index is 0.548. The number of halogens is 1. The van der Waals surface area contributed by atoms with Crippen molar-refractivity contribution in [2.45, 2.75) is 13.3 Å². The van der Waals surface area contributed by atoms with Crippen molar-refractivity contribution in [3.05, 3.63) is 41.7 Å². The maximum absolute atomic E-state index is 6.01. The fourth-order valence-corrected chi connectivity index (χ4v) is 1.76. The van der Waals surface area contributed by atoms with Crippen LogP contribution in [0.15, 0.2) is 36.7 Å². The van der Waals surface area contributed by atoms with Crippen molar-refractivity contribution in [2.75, 3.05) is 12.3 Å². The highest BCUT2D eigenvalue weighted by molar-refractivity contribution is 6.33. The average Bonchev–Trinajstić information content (AvgIpc) is 2.40. The molecular weight excluding hydrogens is 248 g/mol. The molecule has 0 unspecified atom stereocenters. The summed E-state index contributed by atoms with van der Waals surface area (Å²) in [5.41, 5.74) is 8.20. The van der Waals surface area contributed by atoms with E-state index in [9.17, 15) is 0 Å². The van der Waals surface area contributed by atoms with Crippen molar-refractivity contribution in [2.24, 2.45) is 0 Å². The molecule has 0 bridgehead atoms. The Labute approximate surface area is 112 Å². The van der Waals surface area contributed by atoms with Gasteiger partial charge in [-0.1, -0.05) is 24.6 Å². The molecule has 18 heavy (non-hydrogen) atoms. The SMILES string of the molecule is CCCOc1cncc(-c2ccc(N)c(Cl)c2)c1. The van der Waals surface area contributed by atoms with Crippen LogP contribution in [0.2, 0.25) is 5.02 Å². The molecule has 0 saturated carbocycles. The predicted molar refractivity (Wildman–Crippen MR) is 74.9 cm³/mol. The quantitative estimate of drug-likeness (QED) is 0.853. The smallest absolute Gasteiger partial charge is 0.138 e. The van der Waals surface area contributed by atoms with Gasteiger partial charge in [-0.2, -0.15) is 0 Å². The number of hydrogen-bond donors (Lipinski definition) is 1. The average molecular weight is 263 g/mol. The van der Waals surface area contributed by atoms with Crippen LogP contribution in [0, 0.1) is 0 Å². The van der Waals surface area contributed by atoms with Gasteiger partial charge in [0, 0.05) is 11.8 Å². The number of nitrogen functional groups attached to an aromatic ring is 1. The molecule has 4 heteroatoms. The van der Waals surface area contributed by atoms with Crippen molar-refractivity contribution < 1.29 is 4.74 Å². The number of nitrogens with two attached hydrogens (primary N) is 1. The van der Waals surface area contributed by atoms with Gasteiger partial charge in [-0.3, -0.25) is 4.98 Å². The van der Waals surface area contributed by atoms with Crippen molar-refractivity contribution in [1.29, 1.82) is 0 Å². The molecule has 0 aliphatic heterocycles. The summed E-state index contributed by atoms with van der Waals surface area (Å²) in [5, 5.41) is 0.548. The molecule has 1 heterocycles. The number of nitrogens with zero attached hydrogens (tertiary/aromatic N) is 1. The van der Waals surface area contributed by atoms with E-state index >= 15 is 0 Å². The van der Waals surface area contributed by atoms with Gasteiger partial charge in [-0.05, 0) is 30.2 Å². The van der Waals surface area contributed by atoms with Gasteiger partial charge in [-0.15, -0.1) is 0 Å². The first-order chi connectivity index (χ1) is 8.70. The monoisotopic (exact) mass is 262 g/mol. The van der Waals surface area contributed by atoms with E-state index in [1.165, 1.54) is 0 Å². The first-order valence-electron chi connectivity index (χ1n) is 5.84. The Balaban J connectivity index is 2.29. The summed E-state index contributed by atoms with van der Waals surface area (Å²) >= 11 is 6.01. The van der Waals surface area contributed by atoms with Crippen LogP contribution >= 0.6 is 11.6 Å². The molecule has 0 radical (unpaired) electrons. The van der Waals surface area contributed by atoms with Crippen molar-refractivity contribution in [1.82, 2.24) is 4.98 Å². The summed E-state index contributed by atoms with van der Waals surface area (Å²) in [6, 6.07) is 7.49. The second-order valence-corrected chi connectivity index (χ2v) is 4.40. The Morgan fingerprint density at radius 1 is 1.22 bits per heavy atom. The summed E-state index contributed by atoms with van der Waals surface area (Å²) in [4.78, 5) is 4.17. The normalized spacial score (nSPS) is 10.3. The van der Waals surface area contributed by atoms with E-state index in [1.807, 2.05) is 18.2 Å². The van der Waals surface area contributed by atoms with Crippen molar-refractivity contribution in [3.8, 4) is 16.9 Å². The maximum Gasteiger partial charge on any atom is 0.138 e. The molecule has 0 atom stereocenters. The minimum Gasteiger partial charge on any atom is -0.492 e. The number of rotatable bonds is 4. The van der Waals surface area contributed by atoms with Crippen LogP contribution in [0.5, 0.6) is 5.75 Å². The second kappa shape index (κ2) is 5.74. The Morgan fingerprint density at radius 2 is 2.06 bits per heavy atom. The molecule has 0 aliphatic rings. The van der Waals surface area contributed by atoms with Crippen LogP contribution in [-0.4, -0.2) is 11.6 Å². The standard InChI is InChI=1S/C14H15ClN2O/c1-2-5-18-12-6-11(8-17-9-12)10-3-4-14(16)13(15)7-10/h3-4,6-9H,2,5,16H2,1H3. The van der Waals surface area contributed by atoms with Gasteiger partial charge in [-0.25, -0.2) is 0 Å². The summed E-state index contributed by atoms with van der Waals surface area (Å²) in [5.74, 6) is 0.766. The van der Waals surface area contributed by atoms with Crippen LogP contribution in [0.4, 0.5) is 5.69 Å². The summed E-state index contributed by atoms with van der Waals surface area (Å²) < 4.78 is 5.55. The van der Waals surface area contributed by atoms with Crippen LogP contribution in [0.3, 0.4) is 0 Å². The maximum atomic E-state index is 6.01.